The molecule has 0 bridgehead atoms. The van der Waals surface area contributed by atoms with E-state index < -0.39 is 40.5 Å². The van der Waals surface area contributed by atoms with Gasteiger partial charge in [0.05, 0.1) is 10.4 Å². The Balaban J connectivity index is 2.17. The van der Waals surface area contributed by atoms with Crippen molar-refractivity contribution in [3.05, 3.63) is 35.9 Å². The van der Waals surface area contributed by atoms with E-state index >= 15 is 0 Å². The molecular weight excluding hydrogens is 408 g/mol. The van der Waals surface area contributed by atoms with E-state index in [4.69, 9.17) is 14.2 Å². The van der Waals surface area contributed by atoms with Gasteiger partial charge < -0.3 is 19.3 Å². The van der Waals surface area contributed by atoms with Gasteiger partial charge in [0, 0.05) is 26.7 Å². The van der Waals surface area contributed by atoms with Crippen molar-refractivity contribution in [1.82, 2.24) is 0 Å². The SMILES string of the molecule is CC(=O)OC[C@@]1(O)C[C@@H](OC(C)=O)[C@@H](Br)[C@H](OC(=O)c2ccccc2)C1. The largest absolute Gasteiger partial charge is 0.463 e. The topological polar surface area (TPSA) is 99.1 Å². The van der Waals surface area contributed by atoms with Crippen LogP contribution in [0.4, 0.5) is 0 Å². The molecule has 0 aromatic heterocycles. The second kappa shape index (κ2) is 8.64. The number of halogens is 1. The summed E-state index contributed by atoms with van der Waals surface area (Å²) < 4.78 is 15.7. The summed E-state index contributed by atoms with van der Waals surface area (Å²) in [6.45, 7) is 2.21. The molecule has 8 heteroatoms. The Bertz CT molecular complexity index is 663. The Kier molecular flexibility index (Phi) is 6.77. The number of rotatable bonds is 5. The Labute approximate surface area is 159 Å². The normalized spacial score (nSPS) is 28.1. The summed E-state index contributed by atoms with van der Waals surface area (Å²) in [5.41, 5.74) is -1.11. The highest BCUT2D eigenvalue weighted by Gasteiger charge is 2.48. The first kappa shape index (κ1) is 20.4. The van der Waals surface area contributed by atoms with Crippen molar-refractivity contribution in [2.45, 2.75) is 49.3 Å². The van der Waals surface area contributed by atoms with Gasteiger partial charge in [-0.3, -0.25) is 9.59 Å². The molecule has 1 fully saturated rings. The monoisotopic (exact) mass is 428 g/mol. The van der Waals surface area contributed by atoms with E-state index in [0.29, 0.717) is 5.56 Å². The summed E-state index contributed by atoms with van der Waals surface area (Å²) >= 11 is 3.41. The third-order valence-electron chi connectivity index (χ3n) is 4.00. The highest BCUT2D eigenvalue weighted by molar-refractivity contribution is 9.09. The first-order valence-corrected chi connectivity index (χ1v) is 9.05. The van der Waals surface area contributed by atoms with Gasteiger partial charge in [-0.05, 0) is 12.1 Å². The van der Waals surface area contributed by atoms with Crippen LogP contribution in [0.1, 0.15) is 37.0 Å². The number of aliphatic hydroxyl groups is 1. The van der Waals surface area contributed by atoms with Gasteiger partial charge >= 0.3 is 17.9 Å². The van der Waals surface area contributed by atoms with Crippen molar-refractivity contribution in [2.75, 3.05) is 6.61 Å². The summed E-state index contributed by atoms with van der Waals surface area (Å²) in [5.74, 6) is -1.62. The van der Waals surface area contributed by atoms with Crippen LogP contribution in [0.5, 0.6) is 0 Å². The second-order valence-corrected chi connectivity index (χ2v) is 7.37. The predicted octanol–water partition coefficient (Wildman–Crippen LogP) is 2.00. The lowest BCUT2D eigenvalue weighted by Crippen LogP contribution is -2.54. The molecule has 0 heterocycles. The summed E-state index contributed by atoms with van der Waals surface area (Å²) in [5, 5.41) is 10.8. The molecule has 0 aliphatic heterocycles. The highest BCUT2D eigenvalue weighted by Crippen LogP contribution is 2.37. The molecule has 26 heavy (non-hydrogen) atoms. The van der Waals surface area contributed by atoms with Crippen LogP contribution in [0.2, 0.25) is 0 Å². The second-order valence-electron chi connectivity index (χ2n) is 6.31. The van der Waals surface area contributed by atoms with Crippen molar-refractivity contribution in [2.24, 2.45) is 0 Å². The van der Waals surface area contributed by atoms with Crippen LogP contribution in [0.25, 0.3) is 0 Å². The van der Waals surface area contributed by atoms with Gasteiger partial charge in [0.15, 0.2) is 0 Å². The summed E-state index contributed by atoms with van der Waals surface area (Å²) in [4.78, 5) is 34.3. The maximum absolute atomic E-state index is 12.3. The fourth-order valence-electron chi connectivity index (χ4n) is 2.86. The first-order valence-electron chi connectivity index (χ1n) is 8.13. The van der Waals surface area contributed by atoms with Gasteiger partial charge in [-0.1, -0.05) is 34.1 Å². The lowest BCUT2D eigenvalue weighted by atomic mass is 9.81. The summed E-state index contributed by atoms with van der Waals surface area (Å²) in [6, 6.07) is 8.43. The Morgan fingerprint density at radius 3 is 2.19 bits per heavy atom. The molecule has 0 spiro atoms. The molecule has 0 saturated heterocycles. The van der Waals surface area contributed by atoms with E-state index in [-0.39, 0.29) is 19.4 Å². The average molecular weight is 429 g/mol. The van der Waals surface area contributed by atoms with Crippen LogP contribution in [0.15, 0.2) is 30.3 Å². The van der Waals surface area contributed by atoms with E-state index in [1.54, 1.807) is 30.3 Å². The van der Waals surface area contributed by atoms with E-state index in [2.05, 4.69) is 15.9 Å². The van der Waals surface area contributed by atoms with Crippen molar-refractivity contribution >= 4 is 33.8 Å². The number of hydrogen-bond donors (Lipinski definition) is 1. The Morgan fingerprint density at radius 2 is 1.65 bits per heavy atom. The quantitative estimate of drug-likeness (QED) is 0.434. The molecule has 1 saturated carbocycles. The van der Waals surface area contributed by atoms with Crippen LogP contribution in [0.3, 0.4) is 0 Å². The van der Waals surface area contributed by atoms with Crippen LogP contribution in [-0.2, 0) is 23.8 Å². The molecule has 1 aromatic carbocycles. The van der Waals surface area contributed by atoms with Gasteiger partial charge in [0.25, 0.3) is 0 Å². The first-order chi connectivity index (χ1) is 12.2. The zero-order valence-electron chi connectivity index (χ0n) is 14.5. The smallest absolute Gasteiger partial charge is 0.338 e. The van der Waals surface area contributed by atoms with E-state index in [0.717, 1.165) is 0 Å². The molecule has 1 N–H and O–H groups in total. The van der Waals surface area contributed by atoms with Gasteiger partial charge in [0.1, 0.15) is 24.4 Å². The number of esters is 3. The molecule has 0 radical (unpaired) electrons. The van der Waals surface area contributed by atoms with Crippen molar-refractivity contribution in [3.8, 4) is 0 Å². The van der Waals surface area contributed by atoms with Crippen LogP contribution in [-0.4, -0.2) is 52.3 Å². The summed E-state index contributed by atoms with van der Waals surface area (Å²) in [7, 11) is 0. The zero-order valence-corrected chi connectivity index (χ0v) is 16.1. The standard InChI is InChI=1S/C18H21BrO7/c1-11(20)24-10-18(23)8-14(25-12(2)21)16(19)15(9-18)26-17(22)13-6-4-3-5-7-13/h3-7,14-16,23H,8-10H2,1-2H3/t14-,15-,16-,18-/m1/s1. The van der Waals surface area contributed by atoms with E-state index in [1.807, 2.05) is 0 Å². The number of carbonyl (C=O) groups excluding carboxylic acids is 3. The number of alkyl halides is 1. The average Bonchev–Trinajstić information content (AvgIpc) is 2.58. The van der Waals surface area contributed by atoms with E-state index in [1.165, 1.54) is 13.8 Å². The van der Waals surface area contributed by atoms with Crippen LogP contribution in [0, 0.1) is 0 Å². The van der Waals surface area contributed by atoms with Crippen LogP contribution >= 0.6 is 15.9 Å². The maximum atomic E-state index is 12.3. The number of benzene rings is 1. The zero-order chi connectivity index (χ0) is 19.3. The molecular formula is C18H21BrO7. The molecule has 2 rings (SSSR count). The molecule has 7 nitrogen and oxygen atoms in total. The van der Waals surface area contributed by atoms with Gasteiger partial charge in [-0.15, -0.1) is 0 Å². The van der Waals surface area contributed by atoms with Crippen molar-refractivity contribution in [3.63, 3.8) is 0 Å². The number of ether oxygens (including phenoxy) is 3. The fraction of sp³-hybridized carbons (Fsp3) is 0.500. The third-order valence-corrected chi connectivity index (χ3v) is 5.18. The molecule has 1 aromatic rings. The molecule has 142 valence electrons. The minimum Gasteiger partial charge on any atom is -0.463 e. The molecule has 4 atom stereocenters. The minimum atomic E-state index is -1.47. The molecule has 1 aliphatic rings. The lowest BCUT2D eigenvalue weighted by Gasteiger charge is -2.42. The summed E-state index contributed by atoms with van der Waals surface area (Å²) in [6.07, 6.45) is -1.43. The molecule has 0 unspecified atom stereocenters. The minimum absolute atomic E-state index is 0.0343. The molecule has 0 amide bonds. The third kappa shape index (κ3) is 5.54. The van der Waals surface area contributed by atoms with Crippen molar-refractivity contribution < 1.29 is 33.7 Å². The molecule has 1 aliphatic carbocycles. The van der Waals surface area contributed by atoms with Gasteiger partial charge in [0.2, 0.25) is 0 Å². The van der Waals surface area contributed by atoms with Crippen LogP contribution < -0.4 is 0 Å². The maximum Gasteiger partial charge on any atom is 0.338 e. The number of carbonyl (C=O) groups is 3. The lowest BCUT2D eigenvalue weighted by molar-refractivity contribution is -0.169. The van der Waals surface area contributed by atoms with Gasteiger partial charge in [-0.25, -0.2) is 4.79 Å². The van der Waals surface area contributed by atoms with E-state index in [9.17, 15) is 19.5 Å². The predicted molar refractivity (Wildman–Crippen MR) is 94.7 cm³/mol. The highest BCUT2D eigenvalue weighted by atomic mass is 79.9. The van der Waals surface area contributed by atoms with Crippen molar-refractivity contribution in [1.29, 1.82) is 0 Å². The fourth-order valence-corrected chi connectivity index (χ4v) is 3.45. The Morgan fingerprint density at radius 1 is 1.08 bits per heavy atom. The number of hydrogen-bond acceptors (Lipinski definition) is 7. The Hall–Kier alpha value is -1.93. The van der Waals surface area contributed by atoms with Gasteiger partial charge in [-0.2, -0.15) is 0 Å².